The van der Waals surface area contributed by atoms with Crippen molar-refractivity contribution in [3.05, 3.63) is 60.0 Å². The zero-order valence-electron chi connectivity index (χ0n) is 14.1. The molecule has 0 aliphatic carbocycles. The highest BCUT2D eigenvalue weighted by Gasteiger charge is 2.28. The van der Waals surface area contributed by atoms with Gasteiger partial charge in [0.2, 0.25) is 5.88 Å². The van der Waals surface area contributed by atoms with Gasteiger partial charge in [0.15, 0.2) is 0 Å². The fraction of sp³-hybridized carbons (Fsp3) is 0.316. The number of carbonyl (C=O) groups is 1. The van der Waals surface area contributed by atoms with Crippen molar-refractivity contribution in [1.29, 1.82) is 0 Å². The molecule has 0 N–H and O–H groups in total. The minimum absolute atomic E-state index is 0.0846. The van der Waals surface area contributed by atoms with Gasteiger partial charge in [0.1, 0.15) is 0 Å². The van der Waals surface area contributed by atoms with E-state index in [1.165, 1.54) is 0 Å². The summed E-state index contributed by atoms with van der Waals surface area (Å²) in [4.78, 5) is 14.6. The Balaban J connectivity index is 1.36. The molecule has 4 heterocycles. The highest BCUT2D eigenvalue weighted by atomic mass is 16.5. The predicted molar refractivity (Wildman–Crippen MR) is 93.7 cm³/mol. The minimum atomic E-state index is 0.0846. The predicted octanol–water partition coefficient (Wildman–Crippen LogP) is 2.58. The highest BCUT2D eigenvalue weighted by molar-refractivity contribution is 5.95. The van der Waals surface area contributed by atoms with Crippen LogP contribution in [0.1, 0.15) is 22.5 Å². The van der Waals surface area contributed by atoms with Gasteiger partial charge >= 0.3 is 0 Å². The van der Waals surface area contributed by atoms with Crippen LogP contribution >= 0.6 is 0 Å². The molecule has 0 spiro atoms. The van der Waals surface area contributed by atoms with E-state index in [0.717, 1.165) is 29.7 Å². The van der Waals surface area contributed by atoms with Crippen molar-refractivity contribution in [3.8, 4) is 5.88 Å². The maximum absolute atomic E-state index is 12.7. The van der Waals surface area contributed by atoms with Gasteiger partial charge in [-0.2, -0.15) is 5.10 Å². The van der Waals surface area contributed by atoms with Crippen LogP contribution < -0.4 is 4.74 Å². The molecule has 0 saturated carbocycles. The number of amides is 1. The first-order chi connectivity index (χ1) is 12.2. The van der Waals surface area contributed by atoms with E-state index in [0.29, 0.717) is 24.9 Å². The standard InChI is InChI=1S/C19H20N4O2/c1-14-5-6-18(21-20-14)25-13-15-7-9-23(11-15)19(24)16-10-17-4-2-3-8-22(17)12-16/h2-6,8,10,12,15H,7,9,11,13H2,1H3. The van der Waals surface area contributed by atoms with Gasteiger partial charge < -0.3 is 14.0 Å². The molecule has 3 aromatic heterocycles. The summed E-state index contributed by atoms with van der Waals surface area (Å²) >= 11 is 0. The molecule has 25 heavy (non-hydrogen) atoms. The van der Waals surface area contributed by atoms with E-state index in [-0.39, 0.29) is 5.91 Å². The lowest BCUT2D eigenvalue weighted by atomic mass is 10.1. The van der Waals surface area contributed by atoms with Crippen molar-refractivity contribution in [2.75, 3.05) is 19.7 Å². The SMILES string of the molecule is Cc1ccc(OCC2CCN(C(=O)c3cc4ccccn4c3)C2)nn1. The van der Waals surface area contributed by atoms with Crippen molar-refractivity contribution in [2.24, 2.45) is 5.92 Å². The Morgan fingerprint density at radius 2 is 2.20 bits per heavy atom. The fourth-order valence-electron chi connectivity index (χ4n) is 3.17. The molecular weight excluding hydrogens is 316 g/mol. The molecule has 1 unspecified atom stereocenters. The lowest BCUT2D eigenvalue weighted by molar-refractivity contribution is 0.0783. The molecular formula is C19H20N4O2. The molecule has 1 amide bonds. The Bertz CT molecular complexity index is 855. The largest absolute Gasteiger partial charge is 0.476 e. The Kier molecular flexibility index (Phi) is 4.09. The Labute approximate surface area is 146 Å². The number of ether oxygens (including phenoxy) is 1. The van der Waals surface area contributed by atoms with Gasteiger partial charge in [0.05, 0.1) is 17.9 Å². The number of nitrogens with zero attached hydrogens (tertiary/aromatic N) is 4. The van der Waals surface area contributed by atoms with Crippen LogP contribution in [-0.4, -0.2) is 45.1 Å². The van der Waals surface area contributed by atoms with Crippen molar-refractivity contribution in [2.45, 2.75) is 13.3 Å². The number of hydrogen-bond donors (Lipinski definition) is 0. The molecule has 1 aliphatic heterocycles. The van der Waals surface area contributed by atoms with Crippen LogP contribution in [-0.2, 0) is 0 Å². The molecule has 4 rings (SSSR count). The van der Waals surface area contributed by atoms with E-state index in [9.17, 15) is 4.79 Å². The molecule has 1 saturated heterocycles. The summed E-state index contributed by atoms with van der Waals surface area (Å²) < 4.78 is 7.68. The molecule has 128 valence electrons. The summed E-state index contributed by atoms with van der Waals surface area (Å²) in [6, 6.07) is 11.6. The number of likely N-dealkylation sites (tertiary alicyclic amines) is 1. The molecule has 6 heteroatoms. The summed E-state index contributed by atoms with van der Waals surface area (Å²) in [6.07, 6.45) is 4.79. The van der Waals surface area contributed by atoms with Crippen molar-refractivity contribution in [3.63, 3.8) is 0 Å². The van der Waals surface area contributed by atoms with Crippen LogP contribution in [0.5, 0.6) is 5.88 Å². The summed E-state index contributed by atoms with van der Waals surface area (Å²) in [5, 5.41) is 8.00. The van der Waals surface area contributed by atoms with Gasteiger partial charge in [-0.25, -0.2) is 0 Å². The number of aromatic nitrogens is 3. The van der Waals surface area contributed by atoms with Gasteiger partial charge in [-0.05, 0) is 37.6 Å². The van der Waals surface area contributed by atoms with Crippen LogP contribution in [0.3, 0.4) is 0 Å². The molecule has 0 aromatic carbocycles. The van der Waals surface area contributed by atoms with Gasteiger partial charge in [-0.15, -0.1) is 5.10 Å². The van der Waals surface area contributed by atoms with Crippen molar-refractivity contribution < 1.29 is 9.53 Å². The highest BCUT2D eigenvalue weighted by Crippen LogP contribution is 2.21. The number of aryl methyl sites for hydroxylation is 1. The molecule has 3 aromatic rings. The average Bonchev–Trinajstić information content (AvgIpc) is 3.27. The van der Waals surface area contributed by atoms with E-state index >= 15 is 0 Å². The number of rotatable bonds is 4. The summed E-state index contributed by atoms with van der Waals surface area (Å²) in [5.41, 5.74) is 2.63. The van der Waals surface area contributed by atoms with Crippen LogP contribution in [0.15, 0.2) is 48.8 Å². The maximum atomic E-state index is 12.7. The summed E-state index contributed by atoms with van der Waals surface area (Å²) in [6.45, 7) is 3.92. The van der Waals surface area contributed by atoms with Crippen LogP contribution in [0, 0.1) is 12.8 Å². The number of carbonyl (C=O) groups excluding carboxylic acids is 1. The first-order valence-electron chi connectivity index (χ1n) is 8.48. The van der Waals surface area contributed by atoms with Crippen LogP contribution in [0.2, 0.25) is 0 Å². The van der Waals surface area contributed by atoms with Gasteiger partial charge in [-0.3, -0.25) is 4.79 Å². The van der Waals surface area contributed by atoms with E-state index in [4.69, 9.17) is 4.74 Å². The topological polar surface area (TPSA) is 59.7 Å². The second kappa shape index (κ2) is 6.55. The molecule has 0 radical (unpaired) electrons. The smallest absolute Gasteiger partial charge is 0.255 e. The molecule has 6 nitrogen and oxygen atoms in total. The molecule has 0 bridgehead atoms. The third kappa shape index (κ3) is 3.33. The average molecular weight is 336 g/mol. The monoisotopic (exact) mass is 336 g/mol. The Hall–Kier alpha value is -2.89. The van der Waals surface area contributed by atoms with E-state index < -0.39 is 0 Å². The van der Waals surface area contributed by atoms with Crippen LogP contribution in [0.25, 0.3) is 5.52 Å². The lowest BCUT2D eigenvalue weighted by Crippen LogP contribution is -2.29. The molecule has 1 fully saturated rings. The minimum Gasteiger partial charge on any atom is -0.476 e. The normalized spacial score (nSPS) is 17.2. The Morgan fingerprint density at radius 1 is 1.28 bits per heavy atom. The second-order valence-electron chi connectivity index (χ2n) is 6.49. The van der Waals surface area contributed by atoms with E-state index in [2.05, 4.69) is 10.2 Å². The van der Waals surface area contributed by atoms with Gasteiger partial charge in [-0.1, -0.05) is 6.07 Å². The van der Waals surface area contributed by atoms with Crippen LogP contribution in [0.4, 0.5) is 0 Å². The van der Waals surface area contributed by atoms with Crippen molar-refractivity contribution >= 4 is 11.4 Å². The number of fused-ring (bicyclic) bond motifs is 1. The van der Waals surface area contributed by atoms with Crippen molar-refractivity contribution in [1.82, 2.24) is 19.5 Å². The first kappa shape index (κ1) is 15.6. The summed E-state index contributed by atoms with van der Waals surface area (Å²) in [5.74, 6) is 0.944. The Morgan fingerprint density at radius 3 is 3.00 bits per heavy atom. The third-order valence-corrected chi connectivity index (χ3v) is 4.56. The third-order valence-electron chi connectivity index (χ3n) is 4.56. The zero-order chi connectivity index (χ0) is 17.2. The quantitative estimate of drug-likeness (QED) is 0.735. The fourth-order valence-corrected chi connectivity index (χ4v) is 3.17. The van der Waals surface area contributed by atoms with Gasteiger partial charge in [0.25, 0.3) is 5.91 Å². The number of pyridine rings is 1. The number of hydrogen-bond acceptors (Lipinski definition) is 4. The molecule has 1 aliphatic rings. The second-order valence-corrected chi connectivity index (χ2v) is 6.49. The van der Waals surface area contributed by atoms with Gasteiger partial charge in [0, 0.05) is 43.0 Å². The van der Waals surface area contributed by atoms with E-state index in [1.807, 2.05) is 65.0 Å². The first-order valence-corrected chi connectivity index (χ1v) is 8.48. The zero-order valence-corrected chi connectivity index (χ0v) is 14.1. The summed E-state index contributed by atoms with van der Waals surface area (Å²) in [7, 11) is 0. The van der Waals surface area contributed by atoms with E-state index in [1.54, 1.807) is 0 Å². The molecule has 1 atom stereocenters. The lowest BCUT2D eigenvalue weighted by Gasteiger charge is -2.16. The maximum Gasteiger partial charge on any atom is 0.255 e.